The Morgan fingerprint density at radius 2 is 1.36 bits per heavy atom. The van der Waals surface area contributed by atoms with Crippen molar-refractivity contribution < 1.29 is 9.53 Å². The van der Waals surface area contributed by atoms with Crippen LogP contribution in [0.4, 0.5) is 0 Å². The summed E-state index contributed by atoms with van der Waals surface area (Å²) in [5.41, 5.74) is 3.72. The van der Waals surface area contributed by atoms with E-state index in [0.717, 1.165) is 21.4 Å². The van der Waals surface area contributed by atoms with Crippen molar-refractivity contribution in [3.8, 4) is 11.1 Å². The third kappa shape index (κ3) is 4.64. The molecule has 0 aromatic heterocycles. The second kappa shape index (κ2) is 8.06. The molecule has 0 N–H and O–H groups in total. The van der Waals surface area contributed by atoms with Crippen molar-refractivity contribution in [2.45, 2.75) is 13.0 Å². The summed E-state index contributed by atoms with van der Waals surface area (Å²) >= 11 is 0. The lowest BCUT2D eigenvalue weighted by Crippen LogP contribution is -2.09. The molecule has 0 heterocycles. The van der Waals surface area contributed by atoms with Gasteiger partial charge in [0.2, 0.25) is 0 Å². The molecule has 3 aromatic carbocycles. The number of hydrogen-bond acceptors (Lipinski definition) is 2. The Balaban J connectivity index is 1.62. The molecule has 0 aliphatic rings. The monoisotopic (exact) mass is 329 g/mol. The highest BCUT2D eigenvalue weighted by molar-refractivity contribution is 6.03. The third-order valence-electron chi connectivity index (χ3n) is 3.98. The number of nitrogens with zero attached hydrogens (tertiary/aromatic N) is 1. The Kier molecular flexibility index (Phi) is 5.37. The first kappa shape index (κ1) is 16.7. The topological polar surface area (TPSA) is 43.1 Å². The average Bonchev–Trinajstić information content (AvgIpc) is 2.68. The molecule has 3 nitrogen and oxygen atoms in total. The molecule has 0 amide bonds. The van der Waals surface area contributed by atoms with Crippen LogP contribution in [0.5, 0.6) is 0 Å². The zero-order chi connectivity index (χ0) is 17.5. The Bertz CT molecular complexity index is 854. The largest absolute Gasteiger partial charge is 0.624 e. The number of ketones is 1. The molecule has 0 radical (unpaired) electrons. The number of hydroxylamine groups is 1. The Hall–Kier alpha value is -3.20. The van der Waals surface area contributed by atoms with Crippen LogP contribution in [-0.2, 0) is 6.54 Å². The fourth-order valence-electron chi connectivity index (χ4n) is 2.61. The SMILES string of the molecule is O=C(C/C=[N+](\[O-])Cc1ccccc1)c1ccc(-c2ccccc2)cc1. The van der Waals surface area contributed by atoms with Gasteiger partial charge < -0.3 is 5.21 Å². The van der Waals surface area contributed by atoms with E-state index in [-0.39, 0.29) is 18.7 Å². The van der Waals surface area contributed by atoms with Gasteiger partial charge in [0.1, 0.15) is 0 Å². The third-order valence-corrected chi connectivity index (χ3v) is 3.98. The summed E-state index contributed by atoms with van der Waals surface area (Å²) in [4.78, 5) is 12.3. The molecule has 3 aromatic rings. The molecule has 3 rings (SSSR count). The predicted molar refractivity (Wildman–Crippen MR) is 101 cm³/mol. The van der Waals surface area contributed by atoms with Crippen molar-refractivity contribution in [2.24, 2.45) is 0 Å². The molecule has 0 bridgehead atoms. The summed E-state index contributed by atoms with van der Waals surface area (Å²) in [7, 11) is 0. The van der Waals surface area contributed by atoms with Gasteiger partial charge >= 0.3 is 0 Å². The van der Waals surface area contributed by atoms with E-state index in [1.54, 1.807) is 0 Å². The van der Waals surface area contributed by atoms with Crippen LogP contribution < -0.4 is 0 Å². The quantitative estimate of drug-likeness (QED) is 0.216. The van der Waals surface area contributed by atoms with Crippen molar-refractivity contribution in [2.75, 3.05) is 0 Å². The molecular formula is C22H19NO2. The first-order valence-corrected chi connectivity index (χ1v) is 8.22. The summed E-state index contributed by atoms with van der Waals surface area (Å²) in [5.74, 6) is -0.0616. The highest BCUT2D eigenvalue weighted by Gasteiger charge is 2.07. The minimum Gasteiger partial charge on any atom is -0.624 e. The summed E-state index contributed by atoms with van der Waals surface area (Å²) < 4.78 is 0.811. The summed E-state index contributed by atoms with van der Waals surface area (Å²) in [5, 5.41) is 11.9. The molecule has 0 fully saturated rings. The molecule has 0 atom stereocenters. The second-order valence-electron chi connectivity index (χ2n) is 5.81. The fraction of sp³-hybridized carbons (Fsp3) is 0.0909. The van der Waals surface area contributed by atoms with Gasteiger partial charge in [-0.25, -0.2) is 4.74 Å². The fourth-order valence-corrected chi connectivity index (χ4v) is 2.61. The van der Waals surface area contributed by atoms with Crippen molar-refractivity contribution in [1.82, 2.24) is 0 Å². The Labute approximate surface area is 147 Å². The summed E-state index contributed by atoms with van der Waals surface area (Å²) in [6, 6.07) is 27.0. The molecule has 0 saturated carbocycles. The number of hydrogen-bond donors (Lipinski definition) is 0. The van der Waals surface area contributed by atoms with Crippen molar-refractivity contribution in [1.29, 1.82) is 0 Å². The van der Waals surface area contributed by atoms with Crippen molar-refractivity contribution >= 4 is 12.0 Å². The Morgan fingerprint density at radius 1 is 0.800 bits per heavy atom. The van der Waals surface area contributed by atoms with Gasteiger partial charge in [-0.15, -0.1) is 0 Å². The maximum Gasteiger partial charge on any atom is 0.178 e. The van der Waals surface area contributed by atoms with Gasteiger partial charge in [0.15, 0.2) is 18.5 Å². The number of carbonyl (C=O) groups excluding carboxylic acids is 1. The highest BCUT2D eigenvalue weighted by Crippen LogP contribution is 2.19. The minimum absolute atomic E-state index is 0.0616. The van der Waals surface area contributed by atoms with E-state index in [9.17, 15) is 10.0 Å². The van der Waals surface area contributed by atoms with Crippen LogP contribution in [0.25, 0.3) is 11.1 Å². The van der Waals surface area contributed by atoms with Gasteiger partial charge in [-0.1, -0.05) is 84.9 Å². The van der Waals surface area contributed by atoms with Crippen LogP contribution in [0, 0.1) is 5.21 Å². The zero-order valence-electron chi connectivity index (χ0n) is 13.8. The van der Waals surface area contributed by atoms with E-state index in [1.165, 1.54) is 6.21 Å². The lowest BCUT2D eigenvalue weighted by molar-refractivity contribution is -0.470. The number of rotatable bonds is 6. The van der Waals surface area contributed by atoms with E-state index < -0.39 is 0 Å². The van der Waals surface area contributed by atoms with Crippen LogP contribution in [0.2, 0.25) is 0 Å². The van der Waals surface area contributed by atoms with E-state index in [0.29, 0.717) is 5.56 Å². The van der Waals surface area contributed by atoms with Gasteiger partial charge in [-0.05, 0) is 11.1 Å². The second-order valence-corrected chi connectivity index (χ2v) is 5.81. The lowest BCUT2D eigenvalue weighted by Gasteiger charge is -2.05. The first-order valence-electron chi connectivity index (χ1n) is 8.22. The van der Waals surface area contributed by atoms with E-state index in [4.69, 9.17) is 0 Å². The van der Waals surface area contributed by atoms with Gasteiger partial charge in [0, 0.05) is 11.1 Å². The molecule has 3 heteroatoms. The van der Waals surface area contributed by atoms with Gasteiger partial charge in [0.25, 0.3) is 0 Å². The van der Waals surface area contributed by atoms with Gasteiger partial charge in [0.05, 0.1) is 6.42 Å². The lowest BCUT2D eigenvalue weighted by atomic mass is 10.0. The standard InChI is InChI=1S/C22H19NO2/c24-22(15-16-23(25)17-18-7-3-1-4-8-18)21-13-11-20(12-14-21)19-9-5-2-6-10-19/h1-14,16H,15,17H2/b23-16-. The molecule has 0 spiro atoms. The number of Topliss-reactive ketones (excluding diaryl/α,β-unsaturated/α-hetero) is 1. The maximum atomic E-state index is 12.3. The van der Waals surface area contributed by atoms with E-state index >= 15 is 0 Å². The normalized spacial score (nSPS) is 11.3. The maximum absolute atomic E-state index is 12.3. The average molecular weight is 329 g/mol. The van der Waals surface area contributed by atoms with Crippen LogP contribution in [-0.4, -0.2) is 16.7 Å². The minimum atomic E-state index is -0.0616. The van der Waals surface area contributed by atoms with E-state index in [2.05, 4.69) is 0 Å². The predicted octanol–water partition coefficient (Wildman–Crippen LogP) is 4.71. The molecule has 124 valence electrons. The van der Waals surface area contributed by atoms with Crippen LogP contribution in [0.1, 0.15) is 22.3 Å². The van der Waals surface area contributed by atoms with Crippen LogP contribution in [0.3, 0.4) is 0 Å². The van der Waals surface area contributed by atoms with Gasteiger partial charge in [-0.2, -0.15) is 0 Å². The highest BCUT2D eigenvalue weighted by atomic mass is 16.5. The molecule has 0 aliphatic heterocycles. The summed E-state index contributed by atoms with van der Waals surface area (Å²) in [6.45, 7) is 0.251. The molecule has 0 aliphatic carbocycles. The smallest absolute Gasteiger partial charge is 0.178 e. The van der Waals surface area contributed by atoms with Gasteiger partial charge in [-0.3, -0.25) is 4.79 Å². The number of carbonyl (C=O) groups is 1. The summed E-state index contributed by atoms with van der Waals surface area (Å²) in [6.07, 6.45) is 1.50. The van der Waals surface area contributed by atoms with E-state index in [1.807, 2.05) is 84.9 Å². The zero-order valence-corrected chi connectivity index (χ0v) is 13.8. The van der Waals surface area contributed by atoms with Crippen molar-refractivity contribution in [3.63, 3.8) is 0 Å². The van der Waals surface area contributed by atoms with Crippen molar-refractivity contribution in [3.05, 3.63) is 101 Å². The Morgan fingerprint density at radius 3 is 2.00 bits per heavy atom. The number of benzene rings is 3. The van der Waals surface area contributed by atoms with Crippen LogP contribution >= 0.6 is 0 Å². The first-order chi connectivity index (χ1) is 12.2. The molecule has 0 unspecified atom stereocenters. The van der Waals surface area contributed by atoms with Crippen LogP contribution in [0.15, 0.2) is 84.9 Å². The molecular weight excluding hydrogens is 310 g/mol. The molecule has 0 saturated heterocycles. The molecule has 25 heavy (non-hydrogen) atoms.